The van der Waals surface area contributed by atoms with Crippen molar-refractivity contribution in [1.29, 1.82) is 0 Å². The Morgan fingerprint density at radius 2 is 1.94 bits per heavy atom. The maximum atomic E-state index is 13.5. The molecule has 2 aromatic rings. The SMILES string of the molecule is Cc1c(N)cccc1OCc1c(F)cccc1Cl. The average molecular weight is 266 g/mol. The van der Waals surface area contributed by atoms with Crippen LogP contribution in [0.3, 0.4) is 0 Å². The van der Waals surface area contributed by atoms with Crippen LogP contribution in [0.2, 0.25) is 5.02 Å². The lowest BCUT2D eigenvalue weighted by Gasteiger charge is -2.12. The zero-order chi connectivity index (χ0) is 13.1. The number of hydrogen-bond donors (Lipinski definition) is 1. The summed E-state index contributed by atoms with van der Waals surface area (Å²) in [6.07, 6.45) is 0. The number of ether oxygens (including phenoxy) is 1. The second-order valence-electron chi connectivity index (χ2n) is 3.96. The Bertz CT molecular complexity index is 551. The van der Waals surface area contributed by atoms with Crippen LogP contribution in [0.15, 0.2) is 36.4 Å². The van der Waals surface area contributed by atoms with Gasteiger partial charge < -0.3 is 10.5 Å². The molecule has 2 nitrogen and oxygen atoms in total. The van der Waals surface area contributed by atoms with Crippen molar-refractivity contribution < 1.29 is 9.13 Å². The van der Waals surface area contributed by atoms with Crippen LogP contribution in [0.1, 0.15) is 11.1 Å². The van der Waals surface area contributed by atoms with Crippen molar-refractivity contribution in [3.63, 3.8) is 0 Å². The van der Waals surface area contributed by atoms with Crippen LogP contribution < -0.4 is 10.5 Å². The minimum Gasteiger partial charge on any atom is -0.488 e. The maximum Gasteiger partial charge on any atom is 0.131 e. The van der Waals surface area contributed by atoms with Gasteiger partial charge in [-0.2, -0.15) is 0 Å². The summed E-state index contributed by atoms with van der Waals surface area (Å²) in [6.45, 7) is 1.93. The van der Waals surface area contributed by atoms with Crippen molar-refractivity contribution in [2.24, 2.45) is 0 Å². The summed E-state index contributed by atoms with van der Waals surface area (Å²) in [7, 11) is 0. The van der Waals surface area contributed by atoms with Gasteiger partial charge in [0.05, 0.1) is 5.02 Å². The van der Waals surface area contributed by atoms with E-state index in [0.717, 1.165) is 5.56 Å². The van der Waals surface area contributed by atoms with Gasteiger partial charge in [-0.15, -0.1) is 0 Å². The monoisotopic (exact) mass is 265 g/mol. The molecule has 0 saturated carbocycles. The van der Waals surface area contributed by atoms with Crippen LogP contribution in [0.4, 0.5) is 10.1 Å². The highest BCUT2D eigenvalue weighted by Gasteiger charge is 2.09. The molecule has 2 aromatic carbocycles. The number of nitrogens with two attached hydrogens (primary N) is 1. The van der Waals surface area contributed by atoms with E-state index in [1.165, 1.54) is 6.07 Å². The molecule has 0 atom stereocenters. The molecule has 0 radical (unpaired) electrons. The van der Waals surface area contributed by atoms with E-state index in [0.29, 0.717) is 22.0 Å². The number of rotatable bonds is 3. The van der Waals surface area contributed by atoms with E-state index < -0.39 is 0 Å². The van der Waals surface area contributed by atoms with Crippen molar-refractivity contribution >= 4 is 17.3 Å². The Labute approximate surface area is 110 Å². The number of hydrogen-bond acceptors (Lipinski definition) is 2. The minimum absolute atomic E-state index is 0.0792. The van der Waals surface area contributed by atoms with Crippen LogP contribution in [-0.2, 0) is 6.61 Å². The van der Waals surface area contributed by atoms with Gasteiger partial charge >= 0.3 is 0 Å². The first kappa shape index (κ1) is 12.7. The lowest BCUT2D eigenvalue weighted by Crippen LogP contribution is -2.01. The zero-order valence-electron chi connectivity index (χ0n) is 9.91. The molecule has 0 amide bonds. The maximum absolute atomic E-state index is 13.5. The molecule has 0 unspecified atom stereocenters. The molecule has 94 valence electrons. The third kappa shape index (κ3) is 2.57. The van der Waals surface area contributed by atoms with E-state index in [-0.39, 0.29) is 12.4 Å². The molecular formula is C14H13ClFNO. The molecule has 0 fully saturated rings. The van der Waals surface area contributed by atoms with Crippen LogP contribution in [0.5, 0.6) is 5.75 Å². The van der Waals surface area contributed by atoms with E-state index in [1.54, 1.807) is 30.3 Å². The highest BCUT2D eigenvalue weighted by molar-refractivity contribution is 6.31. The predicted octanol–water partition coefficient (Wildman–Crippen LogP) is 3.95. The molecule has 4 heteroatoms. The molecule has 0 heterocycles. The van der Waals surface area contributed by atoms with E-state index in [2.05, 4.69) is 0 Å². The smallest absolute Gasteiger partial charge is 0.131 e. The fourth-order valence-electron chi connectivity index (χ4n) is 1.61. The average Bonchev–Trinajstić information content (AvgIpc) is 2.33. The van der Waals surface area contributed by atoms with E-state index in [9.17, 15) is 4.39 Å². The molecule has 2 rings (SSSR count). The highest BCUT2D eigenvalue weighted by Crippen LogP contribution is 2.26. The molecule has 18 heavy (non-hydrogen) atoms. The number of halogens is 2. The zero-order valence-corrected chi connectivity index (χ0v) is 10.7. The van der Waals surface area contributed by atoms with Crippen LogP contribution in [-0.4, -0.2) is 0 Å². The summed E-state index contributed by atoms with van der Waals surface area (Å²) in [5.41, 5.74) is 7.60. The van der Waals surface area contributed by atoms with Crippen molar-refractivity contribution in [2.45, 2.75) is 13.5 Å². The van der Waals surface area contributed by atoms with E-state index in [1.807, 2.05) is 6.92 Å². The summed E-state index contributed by atoms with van der Waals surface area (Å²) in [6, 6.07) is 9.93. The Balaban J connectivity index is 2.19. The fourth-order valence-corrected chi connectivity index (χ4v) is 1.83. The van der Waals surface area contributed by atoms with Gasteiger partial charge in [-0.3, -0.25) is 0 Å². The van der Waals surface area contributed by atoms with Crippen LogP contribution >= 0.6 is 11.6 Å². The van der Waals surface area contributed by atoms with Crippen molar-refractivity contribution in [1.82, 2.24) is 0 Å². The van der Waals surface area contributed by atoms with Gasteiger partial charge in [0.1, 0.15) is 18.2 Å². The van der Waals surface area contributed by atoms with Crippen LogP contribution in [0.25, 0.3) is 0 Å². The normalized spacial score (nSPS) is 10.4. The molecular weight excluding hydrogens is 253 g/mol. The summed E-state index contributed by atoms with van der Waals surface area (Å²) in [5.74, 6) is 0.262. The molecule has 0 aliphatic heterocycles. The first-order valence-corrected chi connectivity index (χ1v) is 5.88. The highest BCUT2D eigenvalue weighted by atomic mass is 35.5. The second kappa shape index (κ2) is 5.27. The molecule has 0 spiro atoms. The molecule has 0 aliphatic carbocycles. The van der Waals surface area contributed by atoms with Crippen LogP contribution in [0, 0.1) is 12.7 Å². The largest absolute Gasteiger partial charge is 0.488 e. The first-order chi connectivity index (χ1) is 8.59. The number of anilines is 1. The van der Waals surface area contributed by atoms with Gasteiger partial charge in [0.2, 0.25) is 0 Å². The molecule has 0 saturated heterocycles. The number of benzene rings is 2. The molecule has 0 aromatic heterocycles. The van der Waals surface area contributed by atoms with Gasteiger partial charge in [-0.1, -0.05) is 23.7 Å². The third-order valence-electron chi connectivity index (χ3n) is 2.76. The van der Waals surface area contributed by atoms with Gasteiger partial charge in [-0.25, -0.2) is 4.39 Å². The summed E-state index contributed by atoms with van der Waals surface area (Å²) in [4.78, 5) is 0. The van der Waals surface area contributed by atoms with Crippen molar-refractivity contribution in [3.05, 3.63) is 58.4 Å². The Hall–Kier alpha value is -1.74. The molecule has 0 aliphatic rings. The van der Waals surface area contributed by atoms with Crippen molar-refractivity contribution in [2.75, 3.05) is 5.73 Å². The van der Waals surface area contributed by atoms with E-state index >= 15 is 0 Å². The minimum atomic E-state index is -0.371. The fraction of sp³-hybridized carbons (Fsp3) is 0.143. The Kier molecular flexibility index (Phi) is 3.72. The first-order valence-electron chi connectivity index (χ1n) is 5.50. The van der Waals surface area contributed by atoms with Gasteiger partial charge in [0.15, 0.2) is 0 Å². The van der Waals surface area contributed by atoms with Gasteiger partial charge in [0, 0.05) is 16.8 Å². The summed E-state index contributed by atoms with van der Waals surface area (Å²) < 4.78 is 19.1. The Morgan fingerprint density at radius 3 is 2.67 bits per heavy atom. The topological polar surface area (TPSA) is 35.2 Å². The lowest BCUT2D eigenvalue weighted by atomic mass is 10.2. The quantitative estimate of drug-likeness (QED) is 0.853. The van der Waals surface area contributed by atoms with Crippen molar-refractivity contribution in [3.8, 4) is 5.75 Å². The van der Waals surface area contributed by atoms with Gasteiger partial charge in [-0.05, 0) is 31.2 Å². The third-order valence-corrected chi connectivity index (χ3v) is 3.11. The summed E-state index contributed by atoms with van der Waals surface area (Å²) in [5, 5.41) is 0.358. The predicted molar refractivity (Wildman–Crippen MR) is 71.3 cm³/mol. The van der Waals surface area contributed by atoms with E-state index in [4.69, 9.17) is 22.1 Å². The Morgan fingerprint density at radius 1 is 1.22 bits per heavy atom. The number of nitrogen functional groups attached to an aromatic ring is 1. The second-order valence-corrected chi connectivity index (χ2v) is 4.37. The van der Waals surface area contributed by atoms with Gasteiger partial charge in [0.25, 0.3) is 0 Å². The molecule has 2 N–H and O–H groups in total. The lowest BCUT2D eigenvalue weighted by molar-refractivity contribution is 0.298. The summed E-state index contributed by atoms with van der Waals surface area (Å²) >= 11 is 5.92. The molecule has 0 bridgehead atoms. The standard InChI is InChI=1S/C14H13ClFNO/c1-9-13(17)6-3-7-14(9)18-8-10-11(15)4-2-5-12(10)16/h2-7H,8,17H2,1H3.